The number of carbonyl (C=O) groups is 1. The lowest BCUT2D eigenvalue weighted by molar-refractivity contribution is -0.117. The molecule has 2 aromatic rings. The number of ether oxygens (including phenoxy) is 1. The number of carbonyl (C=O) groups excluding carboxylic acids is 1. The highest BCUT2D eigenvalue weighted by Crippen LogP contribution is 2.39. The molecular weight excluding hydrogens is 427 g/mol. The number of benzene rings is 2. The van der Waals surface area contributed by atoms with Gasteiger partial charge in [0.05, 0.1) is 31.1 Å². The van der Waals surface area contributed by atoms with E-state index in [-0.39, 0.29) is 40.9 Å². The second-order valence-electron chi connectivity index (χ2n) is 7.37. The molecule has 9 heteroatoms. The molecule has 0 radical (unpaired) electrons. The molecule has 2 unspecified atom stereocenters. The summed E-state index contributed by atoms with van der Waals surface area (Å²) in [5.74, 6) is 0.188. The summed E-state index contributed by atoms with van der Waals surface area (Å²) in [6.07, 6.45) is 0.0638. The fourth-order valence-electron chi connectivity index (χ4n) is 3.67. The Morgan fingerprint density at radius 3 is 2.47 bits per heavy atom. The first-order chi connectivity index (χ1) is 14.3. The summed E-state index contributed by atoms with van der Waals surface area (Å²) in [4.78, 5) is 18.7. The van der Waals surface area contributed by atoms with Gasteiger partial charge in [0.1, 0.15) is 11.6 Å². The van der Waals surface area contributed by atoms with E-state index in [1.54, 1.807) is 19.2 Å². The quantitative estimate of drug-likeness (QED) is 0.700. The number of halogens is 1. The van der Waals surface area contributed by atoms with Crippen molar-refractivity contribution in [2.45, 2.75) is 24.3 Å². The lowest BCUT2D eigenvalue weighted by Crippen LogP contribution is -2.37. The molecule has 0 spiro atoms. The average molecular weight is 449 g/mol. The molecule has 1 amide bonds. The minimum Gasteiger partial charge on any atom is -0.497 e. The van der Waals surface area contributed by atoms with Crippen LogP contribution < -0.4 is 4.74 Å². The second kappa shape index (κ2) is 8.39. The first kappa shape index (κ1) is 20.9. The maximum absolute atomic E-state index is 13.1. The van der Waals surface area contributed by atoms with Crippen molar-refractivity contribution < 1.29 is 22.3 Å². The summed E-state index contributed by atoms with van der Waals surface area (Å²) < 4.78 is 42.5. The van der Waals surface area contributed by atoms with Gasteiger partial charge in [0.15, 0.2) is 15.0 Å². The molecule has 30 heavy (non-hydrogen) atoms. The van der Waals surface area contributed by atoms with Crippen LogP contribution in [0, 0.1) is 5.82 Å². The molecule has 2 aliphatic heterocycles. The largest absolute Gasteiger partial charge is 0.497 e. The molecule has 2 aliphatic rings. The summed E-state index contributed by atoms with van der Waals surface area (Å²) in [7, 11) is -1.51. The van der Waals surface area contributed by atoms with Crippen LogP contribution in [0.2, 0.25) is 0 Å². The number of amides is 1. The van der Waals surface area contributed by atoms with Crippen LogP contribution in [0.4, 0.5) is 4.39 Å². The highest BCUT2D eigenvalue weighted by atomic mass is 32.2. The number of hydrogen-bond donors (Lipinski definition) is 0. The zero-order valence-corrected chi connectivity index (χ0v) is 18.0. The maximum atomic E-state index is 13.1. The Kier molecular flexibility index (Phi) is 5.84. The van der Waals surface area contributed by atoms with Crippen molar-refractivity contribution in [3.63, 3.8) is 0 Å². The fourth-order valence-corrected chi connectivity index (χ4v) is 7.64. The van der Waals surface area contributed by atoms with Crippen LogP contribution in [0.15, 0.2) is 53.5 Å². The predicted octanol–water partition coefficient (Wildman–Crippen LogP) is 2.67. The average Bonchev–Trinajstić information content (AvgIpc) is 3.16. The number of rotatable bonds is 5. The minimum atomic E-state index is -3.10. The highest BCUT2D eigenvalue weighted by molar-refractivity contribution is 8.15. The Morgan fingerprint density at radius 1 is 1.13 bits per heavy atom. The predicted molar refractivity (Wildman–Crippen MR) is 115 cm³/mol. The fraction of sp³-hybridized carbons (Fsp3) is 0.333. The van der Waals surface area contributed by atoms with E-state index in [9.17, 15) is 17.6 Å². The van der Waals surface area contributed by atoms with Crippen LogP contribution in [0.25, 0.3) is 0 Å². The van der Waals surface area contributed by atoms with Crippen LogP contribution in [-0.4, -0.2) is 54.3 Å². The molecule has 6 nitrogen and oxygen atoms in total. The first-order valence-corrected chi connectivity index (χ1v) is 12.2. The standard InChI is InChI=1S/C21H21FN2O4S2/c1-28-17-8-4-15(5-9-17)11-24-18-12-30(26,27)13-19(18)29-21(24)23-20(25)10-14-2-6-16(22)7-3-14/h2-9,18-19H,10-13H2,1H3. The van der Waals surface area contributed by atoms with Gasteiger partial charge in [-0.1, -0.05) is 36.0 Å². The Labute approximate surface area is 179 Å². The van der Waals surface area contributed by atoms with Gasteiger partial charge < -0.3 is 9.64 Å². The number of fused-ring (bicyclic) bond motifs is 1. The summed E-state index contributed by atoms with van der Waals surface area (Å²) in [6, 6.07) is 13.1. The van der Waals surface area contributed by atoms with Crippen molar-refractivity contribution in [3.05, 3.63) is 65.5 Å². The monoisotopic (exact) mass is 448 g/mol. The van der Waals surface area contributed by atoms with Crippen molar-refractivity contribution in [1.29, 1.82) is 0 Å². The zero-order valence-electron chi connectivity index (χ0n) is 16.3. The van der Waals surface area contributed by atoms with Crippen LogP contribution in [-0.2, 0) is 27.6 Å². The topological polar surface area (TPSA) is 76.0 Å². The van der Waals surface area contributed by atoms with Gasteiger partial charge in [-0.15, -0.1) is 0 Å². The number of hydrogen-bond acceptors (Lipinski definition) is 5. The van der Waals surface area contributed by atoms with Gasteiger partial charge >= 0.3 is 0 Å². The van der Waals surface area contributed by atoms with Gasteiger partial charge in [0, 0.05) is 11.8 Å². The highest BCUT2D eigenvalue weighted by Gasteiger charge is 2.48. The third kappa shape index (κ3) is 4.67. The van der Waals surface area contributed by atoms with E-state index in [4.69, 9.17) is 4.74 Å². The molecule has 2 saturated heterocycles. The number of nitrogens with zero attached hydrogens (tertiary/aromatic N) is 2. The zero-order chi connectivity index (χ0) is 21.3. The van der Waals surface area contributed by atoms with E-state index in [1.165, 1.54) is 23.9 Å². The summed E-state index contributed by atoms with van der Waals surface area (Å²) in [5, 5.41) is 0.411. The molecule has 0 N–H and O–H groups in total. The Hall–Kier alpha value is -2.39. The summed E-state index contributed by atoms with van der Waals surface area (Å²) in [6.45, 7) is 0.455. The summed E-state index contributed by atoms with van der Waals surface area (Å²) in [5.41, 5.74) is 1.65. The molecule has 0 aliphatic carbocycles. The Bertz CT molecular complexity index is 1070. The van der Waals surface area contributed by atoms with Gasteiger partial charge in [0.2, 0.25) is 0 Å². The van der Waals surface area contributed by atoms with Crippen molar-refractivity contribution in [3.8, 4) is 5.75 Å². The smallest absolute Gasteiger partial charge is 0.252 e. The van der Waals surface area contributed by atoms with Crippen molar-refractivity contribution in [1.82, 2.24) is 4.90 Å². The lowest BCUT2D eigenvalue weighted by atomic mass is 10.1. The minimum absolute atomic E-state index is 0.0615. The second-order valence-corrected chi connectivity index (χ2v) is 10.7. The summed E-state index contributed by atoms with van der Waals surface area (Å²) >= 11 is 1.35. The number of methoxy groups -OCH3 is 1. The van der Waals surface area contributed by atoms with Crippen molar-refractivity contribution >= 4 is 32.7 Å². The molecular formula is C21H21FN2O4S2. The van der Waals surface area contributed by atoms with Gasteiger partial charge in [-0.3, -0.25) is 4.79 Å². The van der Waals surface area contributed by atoms with E-state index < -0.39 is 9.84 Å². The van der Waals surface area contributed by atoms with Crippen molar-refractivity contribution in [2.24, 2.45) is 4.99 Å². The molecule has 0 saturated carbocycles. The third-order valence-corrected chi connectivity index (χ3v) is 8.42. The van der Waals surface area contributed by atoms with E-state index in [0.29, 0.717) is 17.3 Å². The SMILES string of the molecule is COc1ccc(CN2C(=NC(=O)Cc3ccc(F)cc3)SC3CS(=O)(=O)CC32)cc1. The molecule has 0 aromatic heterocycles. The van der Waals surface area contributed by atoms with Crippen LogP contribution in [0.5, 0.6) is 5.75 Å². The van der Waals surface area contributed by atoms with Gasteiger partial charge in [-0.2, -0.15) is 4.99 Å². The first-order valence-electron chi connectivity index (χ1n) is 9.45. The number of sulfone groups is 1. The molecule has 2 aromatic carbocycles. The van der Waals surface area contributed by atoms with E-state index in [2.05, 4.69) is 4.99 Å². The van der Waals surface area contributed by atoms with Gasteiger partial charge in [0.25, 0.3) is 5.91 Å². The van der Waals surface area contributed by atoms with Gasteiger partial charge in [-0.05, 0) is 35.4 Å². The van der Waals surface area contributed by atoms with Crippen LogP contribution in [0.1, 0.15) is 11.1 Å². The normalized spacial score (nSPS) is 23.5. The van der Waals surface area contributed by atoms with Gasteiger partial charge in [-0.25, -0.2) is 12.8 Å². The third-order valence-electron chi connectivity index (χ3n) is 5.18. The molecule has 2 fully saturated rings. The number of thioether (sulfide) groups is 1. The van der Waals surface area contributed by atoms with E-state index >= 15 is 0 Å². The molecule has 0 bridgehead atoms. The number of amidine groups is 1. The van der Waals surface area contributed by atoms with Crippen molar-refractivity contribution in [2.75, 3.05) is 18.6 Å². The Morgan fingerprint density at radius 2 is 1.80 bits per heavy atom. The molecule has 158 valence electrons. The maximum Gasteiger partial charge on any atom is 0.252 e. The lowest BCUT2D eigenvalue weighted by Gasteiger charge is -2.24. The number of aliphatic imine (C=N–C) groups is 1. The van der Waals surface area contributed by atoms with E-state index in [1.807, 2.05) is 29.2 Å². The van der Waals surface area contributed by atoms with Crippen LogP contribution >= 0.6 is 11.8 Å². The molecule has 4 rings (SSSR count). The molecule has 2 heterocycles. The van der Waals surface area contributed by atoms with E-state index in [0.717, 1.165) is 11.3 Å². The molecule has 2 atom stereocenters. The Balaban J connectivity index is 1.55. The van der Waals surface area contributed by atoms with Crippen LogP contribution in [0.3, 0.4) is 0 Å².